The second kappa shape index (κ2) is 5.67. The number of nitrogens with two attached hydrogens (primary N) is 2. The van der Waals surface area contributed by atoms with E-state index >= 15 is 0 Å². The number of carbonyl (C=O) groups excluding carboxylic acids is 1. The van der Waals surface area contributed by atoms with E-state index in [0.717, 1.165) is 18.7 Å². The highest BCUT2D eigenvalue weighted by Gasteiger charge is 2.31. The molecule has 19 heavy (non-hydrogen) atoms. The van der Waals surface area contributed by atoms with Gasteiger partial charge in [-0.1, -0.05) is 23.2 Å². The van der Waals surface area contributed by atoms with Crippen LogP contribution in [0.15, 0.2) is 23.2 Å². The van der Waals surface area contributed by atoms with Crippen molar-refractivity contribution in [2.24, 2.45) is 16.5 Å². The Morgan fingerprint density at radius 2 is 1.89 bits per heavy atom. The maximum atomic E-state index is 12.0. The largest absolute Gasteiger partial charge is 0.370 e. The molecule has 1 fully saturated rings. The molecule has 7 heteroatoms. The number of guanidine groups is 1. The Balaban J connectivity index is 2.28. The lowest BCUT2D eigenvalue weighted by molar-refractivity contribution is -0.118. The van der Waals surface area contributed by atoms with Gasteiger partial charge in [0, 0.05) is 22.3 Å². The smallest absolute Gasteiger partial charge is 0.271 e. The molecule has 1 saturated heterocycles. The minimum atomic E-state index is -0.364. The van der Waals surface area contributed by atoms with Gasteiger partial charge < -0.3 is 16.4 Å². The third-order valence-electron chi connectivity index (χ3n) is 2.96. The number of amides is 1. The normalized spacial score (nSPS) is 18.4. The summed E-state index contributed by atoms with van der Waals surface area (Å²) in [6.07, 6.45) is 1.60. The number of aliphatic imine (C=N–C) groups is 1. The van der Waals surface area contributed by atoms with E-state index in [-0.39, 0.29) is 17.9 Å². The maximum absolute atomic E-state index is 12.0. The summed E-state index contributed by atoms with van der Waals surface area (Å²) in [6, 6.07) is 4.83. The first-order valence-corrected chi connectivity index (χ1v) is 6.59. The fourth-order valence-electron chi connectivity index (χ4n) is 2.24. The van der Waals surface area contributed by atoms with Gasteiger partial charge in [-0.05, 0) is 31.0 Å². The van der Waals surface area contributed by atoms with E-state index in [1.165, 1.54) is 0 Å². The third-order valence-corrected chi connectivity index (χ3v) is 3.39. The first-order valence-electron chi connectivity index (χ1n) is 5.83. The fourth-order valence-corrected chi connectivity index (χ4v) is 2.75. The molecule has 0 radical (unpaired) electrons. The van der Waals surface area contributed by atoms with Crippen molar-refractivity contribution >= 4 is 40.8 Å². The molecule has 0 aliphatic carbocycles. The van der Waals surface area contributed by atoms with Crippen molar-refractivity contribution in [3.63, 3.8) is 0 Å². The zero-order valence-corrected chi connectivity index (χ0v) is 11.7. The van der Waals surface area contributed by atoms with Crippen LogP contribution in [0, 0.1) is 0 Å². The van der Waals surface area contributed by atoms with Gasteiger partial charge in [0.05, 0.1) is 0 Å². The molecule has 5 nitrogen and oxygen atoms in total. The van der Waals surface area contributed by atoms with Gasteiger partial charge in [0.1, 0.15) is 6.04 Å². The zero-order chi connectivity index (χ0) is 14.0. The van der Waals surface area contributed by atoms with Crippen molar-refractivity contribution in [3.8, 4) is 0 Å². The number of halogens is 2. The quantitative estimate of drug-likeness (QED) is 0.644. The van der Waals surface area contributed by atoms with Crippen molar-refractivity contribution in [3.05, 3.63) is 28.2 Å². The molecule has 1 atom stereocenters. The molecular weight excluding hydrogens is 287 g/mol. The Morgan fingerprint density at radius 1 is 1.26 bits per heavy atom. The highest BCUT2D eigenvalue weighted by molar-refractivity contribution is 6.35. The van der Waals surface area contributed by atoms with E-state index in [1.54, 1.807) is 18.2 Å². The van der Waals surface area contributed by atoms with Gasteiger partial charge in [0.15, 0.2) is 5.96 Å². The number of anilines is 1. The summed E-state index contributed by atoms with van der Waals surface area (Å²) in [5.41, 5.74) is 11.3. The Kier molecular flexibility index (Phi) is 4.17. The third kappa shape index (κ3) is 3.30. The van der Waals surface area contributed by atoms with Gasteiger partial charge in [-0.2, -0.15) is 4.99 Å². The monoisotopic (exact) mass is 300 g/mol. The van der Waals surface area contributed by atoms with Crippen LogP contribution in [0.25, 0.3) is 0 Å². The van der Waals surface area contributed by atoms with Crippen LogP contribution in [-0.4, -0.2) is 24.5 Å². The predicted octanol–water partition coefficient (Wildman–Crippen LogP) is 1.76. The first kappa shape index (κ1) is 14.0. The average Bonchev–Trinajstić information content (AvgIpc) is 2.75. The molecule has 1 aliphatic rings. The number of nitrogens with zero attached hydrogens (tertiary/aromatic N) is 2. The predicted molar refractivity (Wildman–Crippen MR) is 77.6 cm³/mol. The summed E-state index contributed by atoms with van der Waals surface area (Å²) in [4.78, 5) is 17.5. The van der Waals surface area contributed by atoms with Crippen LogP contribution in [-0.2, 0) is 4.79 Å². The van der Waals surface area contributed by atoms with E-state index in [4.69, 9.17) is 34.7 Å². The molecule has 4 N–H and O–H groups in total. The SMILES string of the molecule is NC(N)=NC(=O)C1CCCN1c1cc(Cl)cc(Cl)c1. The molecule has 102 valence electrons. The van der Waals surface area contributed by atoms with Gasteiger partial charge in [-0.15, -0.1) is 0 Å². The van der Waals surface area contributed by atoms with Crippen LogP contribution >= 0.6 is 23.2 Å². The summed E-state index contributed by atoms with van der Waals surface area (Å²) in [5, 5.41) is 1.06. The van der Waals surface area contributed by atoms with Gasteiger partial charge >= 0.3 is 0 Å². The first-order chi connectivity index (χ1) is 8.97. The number of hydrogen-bond donors (Lipinski definition) is 2. The van der Waals surface area contributed by atoms with Crippen LogP contribution in [0.2, 0.25) is 10.0 Å². The molecule has 1 aliphatic heterocycles. The zero-order valence-electron chi connectivity index (χ0n) is 10.1. The number of carbonyl (C=O) groups is 1. The molecule has 2 rings (SSSR count). The van der Waals surface area contributed by atoms with Crippen LogP contribution in [0.5, 0.6) is 0 Å². The topological polar surface area (TPSA) is 84.7 Å². The standard InChI is InChI=1S/C12H14Cl2N4O/c13-7-4-8(14)6-9(5-7)18-3-1-2-10(18)11(19)17-12(15)16/h4-6,10H,1-3H2,(H4,15,16,17,19). The van der Waals surface area contributed by atoms with E-state index in [1.807, 2.05) is 4.90 Å². The summed E-state index contributed by atoms with van der Waals surface area (Å²) in [6.45, 7) is 0.743. The minimum absolute atomic E-state index is 0.221. The summed E-state index contributed by atoms with van der Waals surface area (Å²) in [5.74, 6) is -0.561. The second-order valence-electron chi connectivity index (χ2n) is 4.35. The molecule has 0 spiro atoms. The van der Waals surface area contributed by atoms with E-state index < -0.39 is 0 Å². The summed E-state index contributed by atoms with van der Waals surface area (Å²) in [7, 11) is 0. The van der Waals surface area contributed by atoms with Crippen molar-refractivity contribution in [2.45, 2.75) is 18.9 Å². The molecule has 1 aromatic carbocycles. The molecule has 1 amide bonds. The lowest BCUT2D eigenvalue weighted by atomic mass is 10.2. The molecule has 0 aromatic heterocycles. The maximum Gasteiger partial charge on any atom is 0.271 e. The van der Waals surface area contributed by atoms with E-state index in [2.05, 4.69) is 4.99 Å². The molecule has 1 heterocycles. The lowest BCUT2D eigenvalue weighted by Crippen LogP contribution is -2.37. The minimum Gasteiger partial charge on any atom is -0.370 e. The van der Waals surface area contributed by atoms with Gasteiger partial charge in [0.2, 0.25) is 0 Å². The van der Waals surface area contributed by atoms with Gasteiger partial charge in [-0.3, -0.25) is 4.79 Å². The van der Waals surface area contributed by atoms with Crippen LogP contribution in [0.1, 0.15) is 12.8 Å². The van der Waals surface area contributed by atoms with E-state index in [0.29, 0.717) is 16.5 Å². The lowest BCUT2D eigenvalue weighted by Gasteiger charge is -2.24. The molecule has 1 unspecified atom stereocenters. The number of hydrogen-bond acceptors (Lipinski definition) is 2. The van der Waals surface area contributed by atoms with Crippen molar-refractivity contribution in [1.82, 2.24) is 0 Å². The van der Waals surface area contributed by atoms with Gasteiger partial charge in [0.25, 0.3) is 5.91 Å². The Morgan fingerprint density at radius 3 is 2.47 bits per heavy atom. The van der Waals surface area contributed by atoms with Crippen LogP contribution in [0.3, 0.4) is 0 Å². The number of rotatable bonds is 2. The Labute approximate surface area is 121 Å². The summed E-state index contributed by atoms with van der Waals surface area (Å²) < 4.78 is 0. The van der Waals surface area contributed by atoms with Crippen molar-refractivity contribution < 1.29 is 4.79 Å². The fraction of sp³-hybridized carbons (Fsp3) is 0.333. The highest BCUT2D eigenvalue weighted by Crippen LogP contribution is 2.31. The molecule has 1 aromatic rings. The molecule has 0 bridgehead atoms. The van der Waals surface area contributed by atoms with E-state index in [9.17, 15) is 4.79 Å². The van der Waals surface area contributed by atoms with Crippen LogP contribution < -0.4 is 16.4 Å². The van der Waals surface area contributed by atoms with Crippen molar-refractivity contribution in [1.29, 1.82) is 0 Å². The van der Waals surface area contributed by atoms with Crippen LogP contribution in [0.4, 0.5) is 5.69 Å². The van der Waals surface area contributed by atoms with Gasteiger partial charge in [-0.25, -0.2) is 0 Å². The average molecular weight is 301 g/mol. The molecular formula is C12H14Cl2N4O. The number of benzene rings is 1. The Hall–Kier alpha value is -1.46. The highest BCUT2D eigenvalue weighted by atomic mass is 35.5. The summed E-state index contributed by atoms with van der Waals surface area (Å²) >= 11 is 12.0. The second-order valence-corrected chi connectivity index (χ2v) is 5.23. The van der Waals surface area contributed by atoms with Crippen molar-refractivity contribution in [2.75, 3.05) is 11.4 Å². The molecule has 0 saturated carbocycles. The Bertz CT molecular complexity index is 508.